The number of amidine groups is 1. The quantitative estimate of drug-likeness (QED) is 0.500. The predicted molar refractivity (Wildman–Crippen MR) is 47.8 cm³/mol. The second-order valence-corrected chi connectivity index (χ2v) is 2.75. The van der Waals surface area contributed by atoms with E-state index in [4.69, 9.17) is 0 Å². The van der Waals surface area contributed by atoms with Crippen molar-refractivity contribution >= 4 is 23.2 Å². The second-order valence-electron chi connectivity index (χ2n) is 2.75. The maximum absolute atomic E-state index is 11.3. The van der Waals surface area contributed by atoms with Gasteiger partial charge >= 0.3 is 0 Å². The van der Waals surface area contributed by atoms with Crippen molar-refractivity contribution in [2.24, 2.45) is 9.98 Å². The Kier molecular flexibility index (Phi) is 1.55. The van der Waals surface area contributed by atoms with Crippen LogP contribution in [0.3, 0.4) is 0 Å². The second kappa shape index (κ2) is 2.58. The van der Waals surface area contributed by atoms with Crippen LogP contribution in [0.25, 0.3) is 0 Å². The molecule has 0 bridgehead atoms. The zero-order valence-electron chi connectivity index (χ0n) is 6.94. The molecule has 2 rings (SSSR count). The molecule has 1 amide bonds. The maximum atomic E-state index is 11.3. The van der Waals surface area contributed by atoms with E-state index in [1.807, 2.05) is 0 Å². The third-order valence-corrected chi connectivity index (χ3v) is 1.74. The first-order valence-corrected chi connectivity index (χ1v) is 3.79. The molecule has 4 nitrogen and oxygen atoms in total. The summed E-state index contributed by atoms with van der Waals surface area (Å²) in [6, 6.07) is 0. The average molecular weight is 174 g/mol. The topological polar surface area (TPSA) is 58.9 Å². The van der Waals surface area contributed by atoms with Crippen LogP contribution in [0.2, 0.25) is 0 Å². The highest BCUT2D eigenvalue weighted by molar-refractivity contribution is 6.36. The zero-order chi connectivity index (χ0) is 9.42. The number of carbonyl (C=O) groups is 2. The van der Waals surface area contributed by atoms with Crippen molar-refractivity contribution in [1.82, 2.24) is 0 Å². The molecule has 0 atom stereocenters. The van der Waals surface area contributed by atoms with Crippen LogP contribution in [0, 0.1) is 0 Å². The van der Waals surface area contributed by atoms with E-state index >= 15 is 0 Å². The lowest BCUT2D eigenvalue weighted by molar-refractivity contribution is -0.115. The Morgan fingerprint density at radius 3 is 2.69 bits per heavy atom. The minimum absolute atomic E-state index is 0.197. The lowest BCUT2D eigenvalue weighted by Gasteiger charge is -2.11. The van der Waals surface area contributed by atoms with Crippen molar-refractivity contribution in [3.8, 4) is 0 Å². The summed E-state index contributed by atoms with van der Waals surface area (Å²) in [6.07, 6.45) is 4.18. The van der Waals surface area contributed by atoms with Crippen molar-refractivity contribution < 1.29 is 9.59 Å². The van der Waals surface area contributed by atoms with E-state index in [1.165, 1.54) is 18.2 Å². The number of fused-ring (bicyclic) bond motifs is 1. The molecule has 0 saturated heterocycles. The van der Waals surface area contributed by atoms with E-state index in [9.17, 15) is 9.59 Å². The Morgan fingerprint density at radius 1 is 1.15 bits per heavy atom. The third kappa shape index (κ3) is 1.26. The number of ketones is 1. The molecule has 0 aromatic rings. The van der Waals surface area contributed by atoms with Crippen LogP contribution >= 0.6 is 0 Å². The monoisotopic (exact) mass is 174 g/mol. The highest BCUT2D eigenvalue weighted by atomic mass is 16.1. The summed E-state index contributed by atoms with van der Waals surface area (Å²) >= 11 is 0. The van der Waals surface area contributed by atoms with Crippen LogP contribution in [-0.2, 0) is 9.59 Å². The molecule has 1 aliphatic carbocycles. The summed E-state index contributed by atoms with van der Waals surface area (Å²) in [4.78, 5) is 29.9. The number of hydrogen-bond acceptors (Lipinski definition) is 3. The Hall–Kier alpha value is -1.84. The van der Waals surface area contributed by atoms with E-state index in [1.54, 1.807) is 6.92 Å². The zero-order valence-corrected chi connectivity index (χ0v) is 6.94. The molecule has 13 heavy (non-hydrogen) atoms. The number of nitrogens with zero attached hydrogens (tertiary/aromatic N) is 2. The van der Waals surface area contributed by atoms with Gasteiger partial charge in [0, 0.05) is 6.08 Å². The van der Waals surface area contributed by atoms with Crippen LogP contribution in [0.4, 0.5) is 0 Å². The number of allylic oxidation sites excluding steroid dienone is 3. The summed E-state index contributed by atoms with van der Waals surface area (Å²) in [7, 11) is 0. The van der Waals surface area contributed by atoms with Gasteiger partial charge in [-0.1, -0.05) is 0 Å². The van der Waals surface area contributed by atoms with Crippen molar-refractivity contribution in [2.45, 2.75) is 6.92 Å². The Labute approximate surface area is 74.4 Å². The molecule has 0 radical (unpaired) electrons. The molecule has 1 aliphatic heterocycles. The van der Waals surface area contributed by atoms with Crippen LogP contribution in [0.15, 0.2) is 33.8 Å². The molecule has 64 valence electrons. The van der Waals surface area contributed by atoms with Gasteiger partial charge < -0.3 is 0 Å². The Bertz CT molecular complexity index is 425. The molecule has 0 fully saturated rings. The number of aliphatic imine (C=N–C) groups is 2. The number of hydrogen-bond donors (Lipinski definition) is 0. The van der Waals surface area contributed by atoms with Gasteiger partial charge in [-0.2, -0.15) is 4.99 Å². The van der Waals surface area contributed by atoms with Gasteiger partial charge in [0.25, 0.3) is 5.91 Å². The summed E-state index contributed by atoms with van der Waals surface area (Å²) in [5.41, 5.74) is 0.815. The number of rotatable bonds is 0. The first-order valence-electron chi connectivity index (χ1n) is 3.79. The molecule has 0 aromatic carbocycles. The highest BCUT2D eigenvalue weighted by Crippen LogP contribution is 2.13. The largest absolute Gasteiger partial charge is 0.290 e. The van der Waals surface area contributed by atoms with Crippen LogP contribution in [0.5, 0.6) is 0 Å². The van der Waals surface area contributed by atoms with E-state index in [-0.39, 0.29) is 17.3 Å². The smallest absolute Gasteiger partial charge is 0.281 e. The molecule has 0 saturated carbocycles. The fourth-order valence-corrected chi connectivity index (χ4v) is 1.19. The standard InChI is InChI=1S/C9H6N2O2/c1-5-10-8-3-2-6(12)4-7(8)9(13)11-5/h2-4H,1H3. The molecule has 0 unspecified atom stereocenters. The van der Waals surface area contributed by atoms with Gasteiger partial charge in [-0.15, -0.1) is 0 Å². The van der Waals surface area contributed by atoms with Crippen molar-refractivity contribution in [2.75, 3.05) is 0 Å². The lowest BCUT2D eigenvalue weighted by Crippen LogP contribution is -2.20. The predicted octanol–water partition coefficient (Wildman–Crippen LogP) is 0.451. The molecule has 4 heteroatoms. The van der Waals surface area contributed by atoms with Crippen molar-refractivity contribution in [3.63, 3.8) is 0 Å². The minimum Gasteiger partial charge on any atom is -0.290 e. The fourth-order valence-electron chi connectivity index (χ4n) is 1.19. The maximum Gasteiger partial charge on any atom is 0.281 e. The molecule has 0 aromatic heterocycles. The lowest BCUT2D eigenvalue weighted by atomic mass is 10.0. The van der Waals surface area contributed by atoms with Gasteiger partial charge in [0.05, 0.1) is 11.3 Å². The fraction of sp³-hybridized carbons (Fsp3) is 0.111. The summed E-state index contributed by atoms with van der Waals surface area (Å²) in [6.45, 7) is 1.64. The van der Waals surface area contributed by atoms with Gasteiger partial charge in [0.15, 0.2) is 5.78 Å². The van der Waals surface area contributed by atoms with Gasteiger partial charge in [0.1, 0.15) is 5.84 Å². The first kappa shape index (κ1) is 7.79. The van der Waals surface area contributed by atoms with E-state index < -0.39 is 0 Å². The minimum atomic E-state index is -0.389. The van der Waals surface area contributed by atoms with Crippen LogP contribution in [-0.4, -0.2) is 23.2 Å². The summed E-state index contributed by atoms with van der Waals surface area (Å²) in [5, 5.41) is 0. The summed E-state index contributed by atoms with van der Waals surface area (Å²) < 4.78 is 0. The van der Waals surface area contributed by atoms with Crippen molar-refractivity contribution in [1.29, 1.82) is 0 Å². The van der Waals surface area contributed by atoms with Crippen molar-refractivity contribution in [3.05, 3.63) is 23.8 Å². The molecule has 0 spiro atoms. The first-order chi connectivity index (χ1) is 6.16. The van der Waals surface area contributed by atoms with Crippen LogP contribution < -0.4 is 0 Å². The van der Waals surface area contributed by atoms with E-state index in [0.29, 0.717) is 11.5 Å². The molecule has 0 N–H and O–H groups in total. The number of amides is 1. The van der Waals surface area contributed by atoms with Gasteiger partial charge in [0.2, 0.25) is 0 Å². The van der Waals surface area contributed by atoms with Crippen LogP contribution in [0.1, 0.15) is 6.92 Å². The van der Waals surface area contributed by atoms with Gasteiger partial charge in [-0.05, 0) is 19.1 Å². The normalized spacial score (nSPS) is 20.5. The van der Waals surface area contributed by atoms with Gasteiger partial charge in [-0.25, -0.2) is 4.99 Å². The molecule has 2 aliphatic rings. The Morgan fingerprint density at radius 2 is 1.92 bits per heavy atom. The van der Waals surface area contributed by atoms with E-state index in [0.717, 1.165) is 0 Å². The Balaban J connectivity index is 2.54. The van der Waals surface area contributed by atoms with Gasteiger partial charge in [-0.3, -0.25) is 9.59 Å². The average Bonchev–Trinajstić information content (AvgIpc) is 2.06. The third-order valence-electron chi connectivity index (χ3n) is 1.74. The highest BCUT2D eigenvalue weighted by Gasteiger charge is 2.21. The number of carbonyl (C=O) groups excluding carboxylic acids is 2. The molecular weight excluding hydrogens is 168 g/mol. The molecule has 1 heterocycles. The summed E-state index contributed by atoms with van der Waals surface area (Å²) in [5.74, 6) is -0.159. The van der Waals surface area contributed by atoms with E-state index in [2.05, 4.69) is 9.98 Å². The molecular formula is C9H6N2O2. The SMILES string of the molecule is CC1=NC(=O)C2=CC(=O)C=CC2=N1.